The van der Waals surface area contributed by atoms with E-state index >= 15 is 0 Å². The molecule has 0 unspecified atom stereocenters. The molecule has 0 aliphatic carbocycles. The predicted molar refractivity (Wildman–Crippen MR) is 124 cm³/mol. The minimum atomic E-state index is -0.349. The van der Waals surface area contributed by atoms with Gasteiger partial charge in [0.15, 0.2) is 0 Å². The molecule has 2 heterocycles. The van der Waals surface area contributed by atoms with Crippen molar-refractivity contribution >= 4 is 17.5 Å². The van der Waals surface area contributed by atoms with Gasteiger partial charge in [0.05, 0.1) is 17.8 Å². The molecule has 1 aromatic heterocycles. The molecule has 1 fully saturated rings. The van der Waals surface area contributed by atoms with E-state index in [1.165, 1.54) is 24.3 Å². The lowest BCUT2D eigenvalue weighted by Gasteiger charge is -2.34. The third-order valence-electron chi connectivity index (χ3n) is 5.82. The van der Waals surface area contributed by atoms with Crippen LogP contribution in [0.25, 0.3) is 0 Å². The second kappa shape index (κ2) is 10.5. The van der Waals surface area contributed by atoms with Crippen molar-refractivity contribution in [1.29, 1.82) is 0 Å². The summed E-state index contributed by atoms with van der Waals surface area (Å²) in [4.78, 5) is 28.9. The first-order valence-electron chi connectivity index (χ1n) is 11.1. The van der Waals surface area contributed by atoms with Gasteiger partial charge in [-0.05, 0) is 62.4 Å². The molecule has 1 aliphatic rings. The fraction of sp³-hybridized carbons (Fsp3) is 0.320. The number of rotatable bonds is 7. The van der Waals surface area contributed by atoms with Crippen molar-refractivity contribution in [3.8, 4) is 5.75 Å². The van der Waals surface area contributed by atoms with E-state index in [4.69, 9.17) is 9.26 Å². The van der Waals surface area contributed by atoms with Crippen molar-refractivity contribution in [3.05, 3.63) is 76.9 Å². The van der Waals surface area contributed by atoms with Gasteiger partial charge >= 0.3 is 0 Å². The van der Waals surface area contributed by atoms with Crippen molar-refractivity contribution in [3.63, 3.8) is 0 Å². The van der Waals surface area contributed by atoms with Gasteiger partial charge < -0.3 is 19.5 Å². The molecule has 0 radical (unpaired) electrons. The minimum absolute atomic E-state index is 0.0484. The van der Waals surface area contributed by atoms with Crippen LogP contribution in [0.5, 0.6) is 5.75 Å². The number of anilines is 1. The van der Waals surface area contributed by atoms with Crippen LogP contribution in [0.1, 0.15) is 27.4 Å². The molecule has 0 saturated carbocycles. The molecular formula is C25H27FN4O4. The Kier molecular flexibility index (Phi) is 7.22. The van der Waals surface area contributed by atoms with Gasteiger partial charge in [-0.25, -0.2) is 4.39 Å². The van der Waals surface area contributed by atoms with Crippen molar-refractivity contribution < 1.29 is 23.2 Å². The molecular weight excluding hydrogens is 439 g/mol. The van der Waals surface area contributed by atoms with Crippen LogP contribution in [0.15, 0.2) is 53.1 Å². The molecule has 1 N–H and O–H groups in total. The molecule has 178 valence electrons. The van der Waals surface area contributed by atoms with Gasteiger partial charge in [0.1, 0.15) is 23.9 Å². The van der Waals surface area contributed by atoms with Crippen molar-refractivity contribution in [1.82, 2.24) is 15.0 Å². The smallest absolute Gasteiger partial charge is 0.253 e. The highest BCUT2D eigenvalue weighted by molar-refractivity contribution is 5.94. The number of aryl methyl sites for hydroxylation is 2. The molecule has 2 aromatic carbocycles. The van der Waals surface area contributed by atoms with Gasteiger partial charge in [0.25, 0.3) is 5.91 Å². The van der Waals surface area contributed by atoms with Crippen LogP contribution >= 0.6 is 0 Å². The van der Waals surface area contributed by atoms with Gasteiger partial charge in [-0.2, -0.15) is 0 Å². The zero-order valence-corrected chi connectivity index (χ0v) is 19.2. The highest BCUT2D eigenvalue weighted by atomic mass is 19.1. The second-order valence-corrected chi connectivity index (χ2v) is 8.24. The maximum Gasteiger partial charge on any atom is 0.253 e. The summed E-state index contributed by atoms with van der Waals surface area (Å²) in [5.41, 5.74) is 2.87. The number of halogens is 1. The summed E-state index contributed by atoms with van der Waals surface area (Å²) in [6, 6.07) is 12.7. The average molecular weight is 467 g/mol. The number of piperazine rings is 1. The van der Waals surface area contributed by atoms with Crippen LogP contribution < -0.4 is 10.1 Å². The van der Waals surface area contributed by atoms with Crippen molar-refractivity contribution in [2.45, 2.75) is 20.5 Å². The molecule has 0 spiro atoms. The Hall–Kier alpha value is -3.72. The molecule has 1 aliphatic heterocycles. The fourth-order valence-corrected chi connectivity index (χ4v) is 3.79. The maximum absolute atomic E-state index is 13.0. The normalized spacial score (nSPS) is 14.1. The molecule has 8 nitrogen and oxygen atoms in total. The lowest BCUT2D eigenvalue weighted by atomic mass is 10.1. The van der Waals surface area contributed by atoms with E-state index in [1.54, 1.807) is 29.2 Å². The second-order valence-electron chi connectivity index (χ2n) is 8.24. The number of carbonyl (C=O) groups is 2. The van der Waals surface area contributed by atoms with E-state index in [1.807, 2.05) is 18.7 Å². The fourth-order valence-electron chi connectivity index (χ4n) is 3.79. The number of amides is 2. The zero-order valence-electron chi connectivity index (χ0n) is 19.2. The Morgan fingerprint density at radius 2 is 1.71 bits per heavy atom. The highest BCUT2D eigenvalue weighted by Gasteiger charge is 2.23. The summed E-state index contributed by atoms with van der Waals surface area (Å²) < 4.78 is 23.9. The van der Waals surface area contributed by atoms with E-state index in [0.29, 0.717) is 49.8 Å². The third kappa shape index (κ3) is 5.79. The number of carbonyl (C=O) groups excluding carboxylic acids is 2. The minimum Gasteiger partial charge on any atom is -0.489 e. The molecule has 0 atom stereocenters. The molecule has 4 rings (SSSR count). The standard InChI is InChI=1S/C25H27FN4O4/c1-17-23(18(2)34-28-17)16-33-22-9-3-19(4-10-22)25(32)30-13-11-29(12-14-30)15-24(31)27-21-7-5-20(26)6-8-21/h3-10H,11-16H2,1-2H3,(H,27,31). The van der Waals surface area contributed by atoms with Crippen LogP contribution in [-0.4, -0.2) is 59.5 Å². The number of aromatic nitrogens is 1. The summed E-state index contributed by atoms with van der Waals surface area (Å²) in [7, 11) is 0. The van der Waals surface area contributed by atoms with Gasteiger partial charge in [-0.15, -0.1) is 0 Å². The molecule has 9 heteroatoms. The average Bonchev–Trinajstić information content (AvgIpc) is 3.16. The first-order chi connectivity index (χ1) is 16.4. The van der Waals surface area contributed by atoms with E-state index in [0.717, 1.165) is 17.0 Å². The Labute approximate surface area is 197 Å². The van der Waals surface area contributed by atoms with Gasteiger partial charge in [-0.3, -0.25) is 14.5 Å². The first-order valence-corrected chi connectivity index (χ1v) is 11.1. The van der Waals surface area contributed by atoms with Crippen LogP contribution in [0.3, 0.4) is 0 Å². The van der Waals surface area contributed by atoms with E-state index in [-0.39, 0.29) is 24.2 Å². The maximum atomic E-state index is 13.0. The summed E-state index contributed by atoms with van der Waals surface area (Å²) in [5.74, 6) is 0.828. The molecule has 34 heavy (non-hydrogen) atoms. The lowest BCUT2D eigenvalue weighted by molar-refractivity contribution is -0.117. The van der Waals surface area contributed by atoms with Crippen molar-refractivity contribution in [2.24, 2.45) is 0 Å². The molecule has 1 saturated heterocycles. The number of nitrogens with one attached hydrogen (secondary N) is 1. The quantitative estimate of drug-likeness (QED) is 0.574. The van der Waals surface area contributed by atoms with Gasteiger partial charge in [0.2, 0.25) is 5.91 Å². The van der Waals surface area contributed by atoms with Gasteiger partial charge in [-0.1, -0.05) is 5.16 Å². The van der Waals surface area contributed by atoms with Crippen molar-refractivity contribution in [2.75, 3.05) is 38.0 Å². The molecule has 2 amide bonds. The Balaban J connectivity index is 1.23. The Morgan fingerprint density at radius 1 is 1.03 bits per heavy atom. The molecule has 0 bridgehead atoms. The summed E-state index contributed by atoms with van der Waals surface area (Å²) in [6.07, 6.45) is 0. The topological polar surface area (TPSA) is 87.9 Å². The van der Waals surface area contributed by atoms with E-state index < -0.39 is 0 Å². The monoisotopic (exact) mass is 466 g/mol. The van der Waals surface area contributed by atoms with Crippen LogP contribution in [-0.2, 0) is 11.4 Å². The van der Waals surface area contributed by atoms with Crippen LogP contribution in [0.2, 0.25) is 0 Å². The van der Waals surface area contributed by atoms with Gasteiger partial charge in [0, 0.05) is 37.4 Å². The Bertz CT molecular complexity index is 1120. The third-order valence-corrected chi connectivity index (χ3v) is 5.82. The van der Waals surface area contributed by atoms with E-state index in [2.05, 4.69) is 10.5 Å². The zero-order chi connectivity index (χ0) is 24.1. The predicted octanol–water partition coefficient (Wildman–Crippen LogP) is 3.41. The largest absolute Gasteiger partial charge is 0.489 e. The number of hydrogen-bond donors (Lipinski definition) is 1. The summed E-state index contributed by atoms with van der Waals surface area (Å²) >= 11 is 0. The first kappa shape index (κ1) is 23.4. The lowest BCUT2D eigenvalue weighted by Crippen LogP contribution is -2.50. The summed E-state index contributed by atoms with van der Waals surface area (Å²) in [6.45, 7) is 6.55. The van der Waals surface area contributed by atoms with Crippen LogP contribution in [0.4, 0.5) is 10.1 Å². The number of benzene rings is 2. The number of ether oxygens (including phenoxy) is 1. The number of hydrogen-bond acceptors (Lipinski definition) is 6. The van der Waals surface area contributed by atoms with Crippen LogP contribution in [0, 0.1) is 19.7 Å². The SMILES string of the molecule is Cc1noc(C)c1COc1ccc(C(=O)N2CCN(CC(=O)Nc3ccc(F)cc3)CC2)cc1. The number of nitrogens with zero attached hydrogens (tertiary/aromatic N) is 3. The summed E-state index contributed by atoms with van der Waals surface area (Å²) in [5, 5.41) is 6.68. The Morgan fingerprint density at radius 3 is 2.32 bits per heavy atom. The molecule has 3 aromatic rings. The van der Waals surface area contributed by atoms with E-state index in [9.17, 15) is 14.0 Å². The highest BCUT2D eigenvalue weighted by Crippen LogP contribution is 2.19.